The molecule has 1 atom stereocenters. The van der Waals surface area contributed by atoms with Gasteiger partial charge >= 0.3 is 0 Å². The zero-order valence-electron chi connectivity index (χ0n) is 9.47. The van der Waals surface area contributed by atoms with Gasteiger partial charge in [-0.3, -0.25) is 4.79 Å². The fraction of sp³-hybridized carbons (Fsp3) is 0.500. The molecule has 0 bridgehead atoms. The maximum Gasteiger partial charge on any atom is 0.256 e. The van der Waals surface area contributed by atoms with Crippen LogP contribution in [0.5, 0.6) is 0 Å². The summed E-state index contributed by atoms with van der Waals surface area (Å²) < 4.78 is 0.562. The maximum absolute atomic E-state index is 12.3. The van der Waals surface area contributed by atoms with Crippen LogP contribution in [0.1, 0.15) is 29.6 Å². The highest BCUT2D eigenvalue weighted by Gasteiger charge is 2.27. The third-order valence-electron chi connectivity index (χ3n) is 3.09. The molecule has 1 fully saturated rings. The molecule has 1 aromatic heterocycles. The van der Waals surface area contributed by atoms with Crippen molar-refractivity contribution in [2.45, 2.75) is 25.3 Å². The number of hydrogen-bond acceptors (Lipinski definition) is 3. The van der Waals surface area contributed by atoms with Gasteiger partial charge in [-0.15, -0.1) is 0 Å². The molecule has 0 aromatic carbocycles. The van der Waals surface area contributed by atoms with E-state index < -0.39 is 0 Å². The van der Waals surface area contributed by atoms with Crippen LogP contribution in [0.4, 0.5) is 0 Å². The van der Waals surface area contributed by atoms with Crippen molar-refractivity contribution in [2.24, 2.45) is 0 Å². The molecular formula is C12H15BrN2O2. The summed E-state index contributed by atoms with van der Waals surface area (Å²) in [5.74, 6) is -0.0521. The molecule has 0 spiro atoms. The van der Waals surface area contributed by atoms with Crippen molar-refractivity contribution >= 4 is 21.8 Å². The molecule has 4 nitrogen and oxygen atoms in total. The molecule has 2 heterocycles. The molecule has 2 rings (SSSR count). The SMILES string of the molecule is O=C(c1cccnc1Br)N1CCCC[C@H]1CO. The van der Waals surface area contributed by atoms with Gasteiger partial charge in [-0.2, -0.15) is 0 Å². The smallest absolute Gasteiger partial charge is 0.256 e. The lowest BCUT2D eigenvalue weighted by atomic mass is 10.0. The predicted octanol–water partition coefficient (Wildman–Crippen LogP) is 1.83. The van der Waals surface area contributed by atoms with Crippen LogP contribution in [0.3, 0.4) is 0 Å². The number of carbonyl (C=O) groups excluding carboxylic acids is 1. The number of carbonyl (C=O) groups is 1. The topological polar surface area (TPSA) is 53.4 Å². The maximum atomic E-state index is 12.3. The van der Waals surface area contributed by atoms with Crippen LogP contribution in [0.25, 0.3) is 0 Å². The molecule has 0 saturated carbocycles. The van der Waals surface area contributed by atoms with E-state index >= 15 is 0 Å². The van der Waals surface area contributed by atoms with Gasteiger partial charge in [-0.05, 0) is 47.3 Å². The zero-order valence-corrected chi connectivity index (χ0v) is 11.1. The Labute approximate surface area is 109 Å². The number of likely N-dealkylation sites (tertiary alicyclic amines) is 1. The lowest BCUT2D eigenvalue weighted by molar-refractivity contribution is 0.0501. The van der Waals surface area contributed by atoms with Crippen LogP contribution in [0.2, 0.25) is 0 Å². The fourth-order valence-corrected chi connectivity index (χ4v) is 2.58. The summed E-state index contributed by atoms with van der Waals surface area (Å²) in [4.78, 5) is 18.1. The standard InChI is InChI=1S/C12H15BrN2O2/c13-11-10(5-3-6-14-11)12(17)15-7-2-1-4-9(15)8-16/h3,5-6,9,16H,1-2,4,7-8H2/t9-/m0/s1. The number of aliphatic hydroxyl groups is 1. The first-order valence-corrected chi connectivity index (χ1v) is 6.55. The normalized spacial score (nSPS) is 20.4. The van der Waals surface area contributed by atoms with E-state index in [1.54, 1.807) is 23.2 Å². The Kier molecular flexibility index (Phi) is 4.12. The summed E-state index contributed by atoms with van der Waals surface area (Å²) in [5, 5.41) is 9.31. The molecular weight excluding hydrogens is 284 g/mol. The lowest BCUT2D eigenvalue weighted by Crippen LogP contribution is -2.45. The van der Waals surface area contributed by atoms with E-state index in [1.807, 2.05) is 0 Å². The van der Waals surface area contributed by atoms with Crippen LogP contribution < -0.4 is 0 Å². The highest BCUT2D eigenvalue weighted by Crippen LogP contribution is 2.22. The molecule has 5 heteroatoms. The van der Waals surface area contributed by atoms with E-state index in [0.29, 0.717) is 16.7 Å². The average Bonchev–Trinajstić information content (AvgIpc) is 2.38. The Morgan fingerprint density at radius 2 is 2.41 bits per heavy atom. The number of amides is 1. The Morgan fingerprint density at radius 3 is 3.12 bits per heavy atom. The van der Waals surface area contributed by atoms with Gasteiger partial charge in [0, 0.05) is 12.7 Å². The number of rotatable bonds is 2. The van der Waals surface area contributed by atoms with Gasteiger partial charge in [0.1, 0.15) is 4.60 Å². The summed E-state index contributed by atoms with van der Waals surface area (Å²) in [6, 6.07) is 3.45. The second-order valence-electron chi connectivity index (χ2n) is 4.17. The van der Waals surface area contributed by atoms with Crippen LogP contribution in [0.15, 0.2) is 22.9 Å². The van der Waals surface area contributed by atoms with Crippen molar-refractivity contribution in [3.05, 3.63) is 28.5 Å². The molecule has 1 saturated heterocycles. The molecule has 0 aliphatic carbocycles. The second-order valence-corrected chi connectivity index (χ2v) is 4.92. The highest BCUT2D eigenvalue weighted by molar-refractivity contribution is 9.10. The highest BCUT2D eigenvalue weighted by atomic mass is 79.9. The van der Waals surface area contributed by atoms with Crippen molar-refractivity contribution in [2.75, 3.05) is 13.2 Å². The molecule has 1 N–H and O–H groups in total. The van der Waals surface area contributed by atoms with E-state index in [2.05, 4.69) is 20.9 Å². The van der Waals surface area contributed by atoms with Crippen molar-refractivity contribution in [1.29, 1.82) is 0 Å². The molecule has 0 unspecified atom stereocenters. The Morgan fingerprint density at radius 1 is 1.59 bits per heavy atom. The minimum Gasteiger partial charge on any atom is -0.394 e. The summed E-state index contributed by atoms with van der Waals surface area (Å²) in [5.41, 5.74) is 0.563. The van der Waals surface area contributed by atoms with Crippen LogP contribution in [-0.4, -0.2) is 40.1 Å². The first-order valence-electron chi connectivity index (χ1n) is 5.76. The van der Waals surface area contributed by atoms with Crippen molar-refractivity contribution in [1.82, 2.24) is 9.88 Å². The number of pyridine rings is 1. The third-order valence-corrected chi connectivity index (χ3v) is 3.72. The Hall–Kier alpha value is -0.940. The van der Waals surface area contributed by atoms with Crippen LogP contribution >= 0.6 is 15.9 Å². The molecule has 1 aliphatic heterocycles. The first kappa shape index (κ1) is 12.5. The van der Waals surface area contributed by atoms with E-state index in [0.717, 1.165) is 19.3 Å². The summed E-state index contributed by atoms with van der Waals surface area (Å²) in [7, 11) is 0. The van der Waals surface area contributed by atoms with Gasteiger partial charge in [-0.25, -0.2) is 4.98 Å². The number of nitrogens with zero attached hydrogens (tertiary/aromatic N) is 2. The summed E-state index contributed by atoms with van der Waals surface area (Å²) in [6.07, 6.45) is 4.59. The number of halogens is 1. The molecule has 92 valence electrons. The van der Waals surface area contributed by atoms with Crippen LogP contribution in [0, 0.1) is 0 Å². The van der Waals surface area contributed by atoms with Gasteiger partial charge in [0.05, 0.1) is 18.2 Å². The number of hydrogen-bond donors (Lipinski definition) is 1. The zero-order chi connectivity index (χ0) is 12.3. The molecule has 17 heavy (non-hydrogen) atoms. The van der Waals surface area contributed by atoms with Crippen LogP contribution in [-0.2, 0) is 0 Å². The van der Waals surface area contributed by atoms with Gasteiger partial charge in [0.2, 0.25) is 0 Å². The quantitative estimate of drug-likeness (QED) is 0.848. The largest absolute Gasteiger partial charge is 0.394 e. The van der Waals surface area contributed by atoms with Crippen molar-refractivity contribution in [3.63, 3.8) is 0 Å². The molecule has 1 aliphatic rings. The third kappa shape index (κ3) is 2.66. The number of piperidine rings is 1. The van der Waals surface area contributed by atoms with Crippen molar-refractivity contribution in [3.8, 4) is 0 Å². The monoisotopic (exact) mass is 298 g/mol. The number of aromatic nitrogens is 1. The van der Waals surface area contributed by atoms with Crippen molar-refractivity contribution < 1.29 is 9.90 Å². The van der Waals surface area contributed by atoms with Gasteiger partial charge in [0.15, 0.2) is 0 Å². The van der Waals surface area contributed by atoms with E-state index in [9.17, 15) is 9.90 Å². The van der Waals surface area contributed by atoms with E-state index in [1.165, 1.54) is 0 Å². The van der Waals surface area contributed by atoms with E-state index in [4.69, 9.17) is 0 Å². The Bertz CT molecular complexity index is 411. The van der Waals surface area contributed by atoms with E-state index in [-0.39, 0.29) is 18.6 Å². The summed E-state index contributed by atoms with van der Waals surface area (Å²) >= 11 is 3.28. The first-order chi connectivity index (χ1) is 8.24. The second kappa shape index (κ2) is 5.60. The number of aliphatic hydroxyl groups excluding tert-OH is 1. The molecule has 0 radical (unpaired) electrons. The Balaban J connectivity index is 2.21. The van der Waals surface area contributed by atoms with Gasteiger partial charge < -0.3 is 10.0 Å². The molecule has 1 amide bonds. The average molecular weight is 299 g/mol. The van der Waals surface area contributed by atoms with Gasteiger partial charge in [-0.1, -0.05) is 0 Å². The summed E-state index contributed by atoms with van der Waals surface area (Å²) in [6.45, 7) is 0.745. The lowest BCUT2D eigenvalue weighted by Gasteiger charge is -2.34. The minimum absolute atomic E-state index is 0.0314. The predicted molar refractivity (Wildman–Crippen MR) is 67.7 cm³/mol. The molecule has 1 aromatic rings. The fourth-order valence-electron chi connectivity index (χ4n) is 2.16. The minimum atomic E-state index is -0.0524. The van der Waals surface area contributed by atoms with Gasteiger partial charge in [0.25, 0.3) is 5.91 Å².